The predicted molar refractivity (Wildman–Crippen MR) is 86.6 cm³/mol. The van der Waals surface area contributed by atoms with Gasteiger partial charge in [-0.25, -0.2) is 0 Å². The Morgan fingerprint density at radius 1 is 1.14 bits per heavy atom. The van der Waals surface area contributed by atoms with Crippen LogP contribution in [0.3, 0.4) is 0 Å². The molecule has 0 heterocycles. The molecular weight excluding hydrogens is 276 g/mol. The van der Waals surface area contributed by atoms with E-state index in [0.717, 1.165) is 55.4 Å². The average Bonchev–Trinajstić information content (AvgIpc) is 3.16. The SMILES string of the molecule is Cc1ccc(C2(C(=O)O)CCCC2)c(OC2CCCC2)c1C. The first kappa shape index (κ1) is 15.4. The van der Waals surface area contributed by atoms with Crippen molar-refractivity contribution in [1.82, 2.24) is 0 Å². The van der Waals surface area contributed by atoms with Crippen LogP contribution in [0.25, 0.3) is 0 Å². The van der Waals surface area contributed by atoms with Crippen molar-refractivity contribution in [3.8, 4) is 5.75 Å². The zero-order valence-electron chi connectivity index (χ0n) is 13.7. The van der Waals surface area contributed by atoms with Gasteiger partial charge in [-0.3, -0.25) is 4.79 Å². The van der Waals surface area contributed by atoms with E-state index in [4.69, 9.17) is 4.74 Å². The molecule has 3 nitrogen and oxygen atoms in total. The Bertz CT molecular complexity index is 564. The second-order valence-electron chi connectivity index (χ2n) is 7.00. The van der Waals surface area contributed by atoms with Gasteiger partial charge >= 0.3 is 5.97 Å². The van der Waals surface area contributed by atoms with Gasteiger partial charge in [0.15, 0.2) is 0 Å². The lowest BCUT2D eigenvalue weighted by Crippen LogP contribution is -2.33. The summed E-state index contributed by atoms with van der Waals surface area (Å²) in [5, 5.41) is 9.91. The Hall–Kier alpha value is -1.51. The van der Waals surface area contributed by atoms with Crippen molar-refractivity contribution in [2.24, 2.45) is 0 Å². The predicted octanol–water partition coefficient (Wildman–Crippen LogP) is 4.52. The van der Waals surface area contributed by atoms with E-state index in [-0.39, 0.29) is 6.10 Å². The summed E-state index contributed by atoms with van der Waals surface area (Å²) in [5.41, 5.74) is 2.45. The minimum absolute atomic E-state index is 0.256. The lowest BCUT2D eigenvalue weighted by Gasteiger charge is -2.29. The van der Waals surface area contributed by atoms with Crippen LogP contribution in [0.2, 0.25) is 0 Å². The highest BCUT2D eigenvalue weighted by Gasteiger charge is 2.45. The summed E-state index contributed by atoms with van der Waals surface area (Å²) < 4.78 is 6.34. The third-order valence-electron chi connectivity index (χ3n) is 5.65. The molecule has 1 aromatic rings. The Balaban J connectivity index is 2.06. The van der Waals surface area contributed by atoms with Gasteiger partial charge in [0.05, 0.1) is 11.5 Å². The fourth-order valence-electron chi connectivity index (χ4n) is 4.07. The monoisotopic (exact) mass is 302 g/mol. The van der Waals surface area contributed by atoms with Gasteiger partial charge in [-0.1, -0.05) is 25.0 Å². The maximum absolute atomic E-state index is 12.1. The van der Waals surface area contributed by atoms with E-state index in [9.17, 15) is 9.90 Å². The summed E-state index contributed by atoms with van der Waals surface area (Å²) in [4.78, 5) is 12.1. The fraction of sp³-hybridized carbons (Fsp3) is 0.632. The van der Waals surface area contributed by atoms with Gasteiger partial charge in [0.2, 0.25) is 0 Å². The second-order valence-corrected chi connectivity index (χ2v) is 7.00. The summed E-state index contributed by atoms with van der Waals surface area (Å²) in [5.74, 6) is 0.167. The van der Waals surface area contributed by atoms with E-state index in [1.54, 1.807) is 0 Å². The topological polar surface area (TPSA) is 46.5 Å². The summed E-state index contributed by atoms with van der Waals surface area (Å²) in [7, 11) is 0. The Morgan fingerprint density at radius 3 is 2.36 bits per heavy atom. The van der Waals surface area contributed by atoms with Gasteiger partial charge in [0.1, 0.15) is 5.75 Å². The van der Waals surface area contributed by atoms with E-state index in [2.05, 4.69) is 19.9 Å². The molecule has 2 saturated carbocycles. The molecule has 120 valence electrons. The first-order valence-corrected chi connectivity index (χ1v) is 8.55. The van der Waals surface area contributed by atoms with Crippen molar-refractivity contribution in [3.05, 3.63) is 28.8 Å². The van der Waals surface area contributed by atoms with Crippen molar-refractivity contribution < 1.29 is 14.6 Å². The van der Waals surface area contributed by atoms with Crippen molar-refractivity contribution >= 4 is 5.97 Å². The largest absolute Gasteiger partial charge is 0.490 e. The van der Waals surface area contributed by atoms with Crippen LogP contribution >= 0.6 is 0 Å². The minimum atomic E-state index is -0.744. The minimum Gasteiger partial charge on any atom is -0.490 e. The highest BCUT2D eigenvalue weighted by atomic mass is 16.5. The van der Waals surface area contributed by atoms with Crippen molar-refractivity contribution in [2.75, 3.05) is 0 Å². The zero-order chi connectivity index (χ0) is 15.7. The van der Waals surface area contributed by atoms with Crippen LogP contribution in [0.15, 0.2) is 12.1 Å². The molecule has 0 amide bonds. The standard InChI is InChI=1S/C19H26O3/c1-13-9-10-16(19(18(20)21)11-5-6-12-19)17(14(13)2)22-15-7-3-4-8-15/h9-10,15H,3-8,11-12H2,1-2H3,(H,20,21). The molecule has 0 spiro atoms. The molecule has 22 heavy (non-hydrogen) atoms. The maximum atomic E-state index is 12.1. The van der Waals surface area contributed by atoms with Crippen LogP contribution < -0.4 is 4.74 Å². The molecule has 1 aromatic carbocycles. The molecule has 3 heteroatoms. The van der Waals surface area contributed by atoms with Gasteiger partial charge in [-0.2, -0.15) is 0 Å². The molecule has 0 saturated heterocycles. The number of carboxylic acid groups (broad SMARTS) is 1. The number of hydrogen-bond acceptors (Lipinski definition) is 2. The highest BCUT2D eigenvalue weighted by molar-refractivity contribution is 5.83. The molecule has 0 radical (unpaired) electrons. The molecule has 0 atom stereocenters. The smallest absolute Gasteiger partial charge is 0.314 e. The molecule has 0 aliphatic heterocycles. The number of carboxylic acids is 1. The van der Waals surface area contributed by atoms with Crippen LogP contribution in [0.1, 0.15) is 68.1 Å². The van der Waals surface area contributed by atoms with Crippen LogP contribution in [0.5, 0.6) is 5.75 Å². The third-order valence-corrected chi connectivity index (χ3v) is 5.65. The highest BCUT2D eigenvalue weighted by Crippen LogP contribution is 2.47. The van der Waals surface area contributed by atoms with Crippen molar-refractivity contribution in [2.45, 2.75) is 76.7 Å². The zero-order valence-corrected chi connectivity index (χ0v) is 13.7. The number of aryl methyl sites for hydroxylation is 1. The molecule has 2 fully saturated rings. The van der Waals surface area contributed by atoms with Crippen LogP contribution in [0.4, 0.5) is 0 Å². The fourth-order valence-corrected chi connectivity index (χ4v) is 4.07. The molecular formula is C19H26O3. The molecule has 1 N–H and O–H groups in total. The molecule has 3 rings (SSSR count). The normalized spacial score (nSPS) is 21.2. The first-order chi connectivity index (χ1) is 10.5. The summed E-state index contributed by atoms with van der Waals surface area (Å²) in [6.07, 6.45) is 8.30. The number of rotatable bonds is 4. The number of benzene rings is 1. The molecule has 0 aromatic heterocycles. The van der Waals surface area contributed by atoms with E-state index in [0.29, 0.717) is 0 Å². The van der Waals surface area contributed by atoms with E-state index >= 15 is 0 Å². The van der Waals surface area contributed by atoms with Crippen LogP contribution in [0, 0.1) is 13.8 Å². The van der Waals surface area contributed by atoms with Crippen LogP contribution in [-0.4, -0.2) is 17.2 Å². The van der Waals surface area contributed by atoms with E-state index in [1.165, 1.54) is 18.4 Å². The lowest BCUT2D eigenvalue weighted by molar-refractivity contribution is -0.143. The third kappa shape index (κ3) is 2.51. The Morgan fingerprint density at radius 2 is 1.77 bits per heavy atom. The number of hydrogen-bond donors (Lipinski definition) is 1. The molecule has 2 aliphatic rings. The lowest BCUT2D eigenvalue weighted by atomic mass is 9.77. The quantitative estimate of drug-likeness (QED) is 0.889. The summed E-state index contributed by atoms with van der Waals surface area (Å²) >= 11 is 0. The number of carbonyl (C=O) groups is 1. The number of ether oxygens (including phenoxy) is 1. The summed E-state index contributed by atoms with van der Waals surface area (Å²) in [6.45, 7) is 4.14. The van der Waals surface area contributed by atoms with Crippen LogP contribution in [-0.2, 0) is 10.2 Å². The molecule has 0 bridgehead atoms. The second kappa shape index (κ2) is 5.94. The van der Waals surface area contributed by atoms with Crippen molar-refractivity contribution in [1.29, 1.82) is 0 Å². The molecule has 0 unspecified atom stereocenters. The van der Waals surface area contributed by atoms with Gasteiger partial charge in [-0.05, 0) is 63.5 Å². The van der Waals surface area contributed by atoms with E-state index < -0.39 is 11.4 Å². The Labute approximate surface area is 132 Å². The average molecular weight is 302 g/mol. The molecule has 2 aliphatic carbocycles. The van der Waals surface area contributed by atoms with Gasteiger partial charge in [0, 0.05) is 5.56 Å². The van der Waals surface area contributed by atoms with Gasteiger partial charge < -0.3 is 9.84 Å². The Kier molecular flexibility index (Phi) is 4.16. The van der Waals surface area contributed by atoms with E-state index in [1.807, 2.05) is 6.07 Å². The first-order valence-electron chi connectivity index (χ1n) is 8.55. The summed E-state index contributed by atoms with van der Waals surface area (Å²) in [6, 6.07) is 4.06. The number of aliphatic carboxylic acids is 1. The van der Waals surface area contributed by atoms with Crippen molar-refractivity contribution in [3.63, 3.8) is 0 Å². The van der Waals surface area contributed by atoms with Gasteiger partial charge in [0.25, 0.3) is 0 Å². The maximum Gasteiger partial charge on any atom is 0.314 e. The van der Waals surface area contributed by atoms with Gasteiger partial charge in [-0.15, -0.1) is 0 Å².